The molecule has 2 N–H and O–H groups in total. The lowest BCUT2D eigenvalue weighted by molar-refractivity contribution is -0.123. The molecule has 1 aliphatic heterocycles. The highest BCUT2D eigenvalue weighted by atomic mass is 16.5. The summed E-state index contributed by atoms with van der Waals surface area (Å²) in [5, 5.41) is 6.48. The minimum Gasteiger partial charge on any atom is -0.378 e. The Labute approximate surface area is 116 Å². The second-order valence-corrected chi connectivity index (χ2v) is 6.16. The highest BCUT2D eigenvalue weighted by Gasteiger charge is 2.30. The molecule has 4 heteroatoms. The van der Waals surface area contributed by atoms with Crippen molar-refractivity contribution in [3.05, 3.63) is 0 Å². The maximum Gasteiger partial charge on any atom is 0.222 e. The number of hydrogen-bond acceptors (Lipinski definition) is 3. The summed E-state index contributed by atoms with van der Waals surface area (Å²) in [6.07, 6.45) is 5.35. The molecule has 3 unspecified atom stereocenters. The molecule has 1 saturated carbocycles. The number of rotatable bonds is 5. The van der Waals surface area contributed by atoms with Gasteiger partial charge in [-0.3, -0.25) is 4.79 Å². The van der Waals surface area contributed by atoms with Gasteiger partial charge in [0.05, 0.1) is 12.7 Å². The van der Waals surface area contributed by atoms with Crippen LogP contribution in [0.1, 0.15) is 46.0 Å². The molecule has 19 heavy (non-hydrogen) atoms. The number of amides is 1. The van der Waals surface area contributed by atoms with Gasteiger partial charge < -0.3 is 15.4 Å². The molecule has 2 aliphatic rings. The first-order valence-electron chi connectivity index (χ1n) is 7.78. The van der Waals surface area contributed by atoms with Crippen molar-refractivity contribution in [2.75, 3.05) is 19.7 Å². The van der Waals surface area contributed by atoms with E-state index in [0.29, 0.717) is 31.1 Å². The minimum atomic E-state index is 0.153. The van der Waals surface area contributed by atoms with Crippen molar-refractivity contribution in [1.82, 2.24) is 10.6 Å². The zero-order chi connectivity index (χ0) is 13.7. The van der Waals surface area contributed by atoms with E-state index in [-0.39, 0.29) is 5.91 Å². The molecule has 1 amide bonds. The number of carbonyl (C=O) groups is 1. The molecule has 2 fully saturated rings. The fourth-order valence-corrected chi connectivity index (χ4v) is 3.13. The van der Waals surface area contributed by atoms with Gasteiger partial charge in [-0.2, -0.15) is 0 Å². The Kier molecular flexibility index (Phi) is 5.64. The van der Waals surface area contributed by atoms with Crippen molar-refractivity contribution in [2.24, 2.45) is 11.8 Å². The van der Waals surface area contributed by atoms with Crippen LogP contribution in [0.3, 0.4) is 0 Å². The third-order valence-electron chi connectivity index (χ3n) is 4.78. The van der Waals surface area contributed by atoms with Crippen LogP contribution in [0.2, 0.25) is 0 Å². The zero-order valence-corrected chi connectivity index (χ0v) is 12.3. The van der Waals surface area contributed by atoms with E-state index in [1.54, 1.807) is 0 Å². The van der Waals surface area contributed by atoms with Crippen LogP contribution in [-0.4, -0.2) is 37.7 Å². The first-order valence-corrected chi connectivity index (χ1v) is 7.78. The summed E-state index contributed by atoms with van der Waals surface area (Å²) in [6.45, 7) is 7.15. The van der Waals surface area contributed by atoms with E-state index >= 15 is 0 Å². The van der Waals surface area contributed by atoms with Gasteiger partial charge in [0.2, 0.25) is 5.91 Å². The topological polar surface area (TPSA) is 50.4 Å². The first kappa shape index (κ1) is 14.8. The lowest BCUT2D eigenvalue weighted by Gasteiger charge is -2.23. The van der Waals surface area contributed by atoms with E-state index in [4.69, 9.17) is 4.74 Å². The molecule has 0 aromatic rings. The Bertz CT molecular complexity index is 290. The fraction of sp³-hybridized carbons (Fsp3) is 0.933. The summed E-state index contributed by atoms with van der Waals surface area (Å²) in [5.74, 6) is 1.49. The third-order valence-corrected chi connectivity index (χ3v) is 4.78. The van der Waals surface area contributed by atoms with Crippen molar-refractivity contribution >= 4 is 5.91 Å². The van der Waals surface area contributed by atoms with Crippen LogP contribution >= 0.6 is 0 Å². The average molecular weight is 268 g/mol. The van der Waals surface area contributed by atoms with Gasteiger partial charge >= 0.3 is 0 Å². The lowest BCUT2D eigenvalue weighted by Crippen LogP contribution is -2.38. The van der Waals surface area contributed by atoms with E-state index in [0.717, 1.165) is 38.3 Å². The molecule has 0 aromatic heterocycles. The first-order chi connectivity index (χ1) is 9.16. The smallest absolute Gasteiger partial charge is 0.222 e. The lowest BCUT2D eigenvalue weighted by atomic mass is 9.98. The molecule has 0 spiro atoms. The van der Waals surface area contributed by atoms with E-state index in [9.17, 15) is 4.79 Å². The Hall–Kier alpha value is -0.610. The number of carbonyl (C=O) groups excluding carboxylic acids is 1. The van der Waals surface area contributed by atoms with Gasteiger partial charge in [-0.15, -0.1) is 0 Å². The van der Waals surface area contributed by atoms with Gasteiger partial charge in [0.25, 0.3) is 0 Å². The average Bonchev–Trinajstić information content (AvgIpc) is 2.72. The van der Waals surface area contributed by atoms with Gasteiger partial charge in [-0.1, -0.05) is 13.8 Å². The molecular formula is C15H28N2O2. The zero-order valence-electron chi connectivity index (χ0n) is 12.3. The van der Waals surface area contributed by atoms with Gasteiger partial charge in [0.15, 0.2) is 0 Å². The molecule has 1 heterocycles. The van der Waals surface area contributed by atoms with Crippen LogP contribution in [0.25, 0.3) is 0 Å². The van der Waals surface area contributed by atoms with Crippen molar-refractivity contribution in [3.8, 4) is 0 Å². The summed E-state index contributed by atoms with van der Waals surface area (Å²) in [4.78, 5) is 11.9. The third kappa shape index (κ3) is 4.46. The summed E-state index contributed by atoms with van der Waals surface area (Å²) in [7, 11) is 0. The van der Waals surface area contributed by atoms with E-state index in [1.165, 1.54) is 6.42 Å². The number of hydrogen-bond donors (Lipinski definition) is 2. The summed E-state index contributed by atoms with van der Waals surface area (Å²) >= 11 is 0. The number of ether oxygens (including phenoxy) is 1. The maximum absolute atomic E-state index is 11.9. The Morgan fingerprint density at radius 3 is 2.58 bits per heavy atom. The molecule has 0 radical (unpaired) electrons. The molecule has 3 atom stereocenters. The highest BCUT2D eigenvalue weighted by molar-refractivity contribution is 5.76. The highest BCUT2D eigenvalue weighted by Crippen LogP contribution is 2.31. The second kappa shape index (κ2) is 7.25. The Balaban J connectivity index is 1.59. The van der Waals surface area contributed by atoms with E-state index in [1.807, 2.05) is 0 Å². The van der Waals surface area contributed by atoms with Crippen LogP contribution in [0.5, 0.6) is 0 Å². The normalized spacial score (nSPS) is 32.4. The van der Waals surface area contributed by atoms with Gasteiger partial charge in [-0.05, 0) is 50.6 Å². The molecule has 0 bridgehead atoms. The number of nitrogens with one attached hydrogen (secondary N) is 2. The predicted molar refractivity (Wildman–Crippen MR) is 76.0 cm³/mol. The Morgan fingerprint density at radius 2 is 1.95 bits per heavy atom. The summed E-state index contributed by atoms with van der Waals surface area (Å²) in [6, 6.07) is 0.376. The van der Waals surface area contributed by atoms with Crippen molar-refractivity contribution in [2.45, 2.75) is 58.1 Å². The summed E-state index contributed by atoms with van der Waals surface area (Å²) in [5.41, 5.74) is 0. The molecule has 1 aliphatic carbocycles. The van der Waals surface area contributed by atoms with Crippen LogP contribution in [0.15, 0.2) is 0 Å². The Morgan fingerprint density at radius 1 is 1.21 bits per heavy atom. The van der Waals surface area contributed by atoms with Gasteiger partial charge in [0.1, 0.15) is 0 Å². The second-order valence-electron chi connectivity index (χ2n) is 6.16. The van der Waals surface area contributed by atoms with Gasteiger partial charge in [-0.25, -0.2) is 0 Å². The van der Waals surface area contributed by atoms with Crippen LogP contribution in [-0.2, 0) is 9.53 Å². The van der Waals surface area contributed by atoms with Crippen molar-refractivity contribution in [1.29, 1.82) is 0 Å². The van der Waals surface area contributed by atoms with Crippen LogP contribution < -0.4 is 10.6 Å². The van der Waals surface area contributed by atoms with Crippen LogP contribution in [0, 0.1) is 11.8 Å². The molecule has 4 nitrogen and oxygen atoms in total. The van der Waals surface area contributed by atoms with Crippen molar-refractivity contribution < 1.29 is 9.53 Å². The molecule has 1 saturated heterocycles. The maximum atomic E-state index is 11.9. The predicted octanol–water partition coefficient (Wildman–Crippen LogP) is 1.70. The monoisotopic (exact) mass is 268 g/mol. The molecular weight excluding hydrogens is 240 g/mol. The fourth-order valence-electron chi connectivity index (χ4n) is 3.13. The SMILES string of the molecule is CC1CCC(NC(=O)CCOC2CCNCC2)C1C. The van der Waals surface area contributed by atoms with Gasteiger partial charge in [0, 0.05) is 12.5 Å². The molecule has 2 rings (SSSR count). The molecule has 110 valence electrons. The largest absolute Gasteiger partial charge is 0.378 e. The quantitative estimate of drug-likeness (QED) is 0.798. The summed E-state index contributed by atoms with van der Waals surface area (Å²) < 4.78 is 5.77. The van der Waals surface area contributed by atoms with E-state index < -0.39 is 0 Å². The molecule has 0 aromatic carbocycles. The number of piperidine rings is 1. The minimum absolute atomic E-state index is 0.153. The standard InChI is InChI=1S/C15H28N2O2/c1-11-3-4-14(12(11)2)17-15(18)7-10-19-13-5-8-16-9-6-13/h11-14,16H,3-10H2,1-2H3,(H,17,18). The van der Waals surface area contributed by atoms with E-state index in [2.05, 4.69) is 24.5 Å². The van der Waals surface area contributed by atoms with Crippen LogP contribution in [0.4, 0.5) is 0 Å². The van der Waals surface area contributed by atoms with Crippen molar-refractivity contribution in [3.63, 3.8) is 0 Å².